The molecular weight excluding hydrogens is 763 g/mol. The molecular formula is C47H85N5O8. The molecule has 2 aliphatic heterocycles. The molecule has 2 heterocycles. The molecule has 8 N–H and O–H groups in total. The highest BCUT2D eigenvalue weighted by Crippen LogP contribution is 2.16. The lowest BCUT2D eigenvalue weighted by Gasteiger charge is -2.29. The lowest BCUT2D eigenvalue weighted by Crippen LogP contribution is -2.47. The van der Waals surface area contributed by atoms with Gasteiger partial charge in [0.25, 0.3) is 0 Å². The van der Waals surface area contributed by atoms with Gasteiger partial charge in [-0.2, -0.15) is 0 Å². The van der Waals surface area contributed by atoms with Gasteiger partial charge in [0.1, 0.15) is 23.3 Å². The van der Waals surface area contributed by atoms with Gasteiger partial charge in [0, 0.05) is 26.2 Å². The molecule has 13 nitrogen and oxygen atoms in total. The first-order chi connectivity index (χ1) is 28.0. The van der Waals surface area contributed by atoms with Crippen LogP contribution in [0.1, 0.15) is 113 Å². The Morgan fingerprint density at radius 1 is 0.750 bits per heavy atom. The largest absolute Gasteiger partial charge is 0.459 e. The predicted molar refractivity (Wildman–Crippen MR) is 243 cm³/mol. The van der Waals surface area contributed by atoms with Crippen LogP contribution in [0.3, 0.4) is 0 Å². The van der Waals surface area contributed by atoms with Crippen LogP contribution in [0.15, 0.2) is 60.7 Å². The van der Waals surface area contributed by atoms with Gasteiger partial charge in [-0.25, -0.2) is 0 Å². The molecule has 0 radical (unpaired) electrons. The van der Waals surface area contributed by atoms with Gasteiger partial charge in [0.15, 0.2) is 6.29 Å². The van der Waals surface area contributed by atoms with Crippen molar-refractivity contribution in [3.05, 3.63) is 71.8 Å². The molecule has 0 aromatic heterocycles. The number of hydrogen-bond acceptors (Lipinski definition) is 13. The number of rotatable bonds is 14. The number of likely N-dealkylation sites (N-methyl/N-ethyl adjacent to an activating group) is 1. The molecule has 0 aliphatic carbocycles. The Balaban J connectivity index is 0.000000748. The van der Waals surface area contributed by atoms with Crippen LogP contribution in [-0.4, -0.2) is 106 Å². The minimum Gasteiger partial charge on any atom is -0.459 e. The molecule has 346 valence electrons. The van der Waals surface area contributed by atoms with E-state index in [9.17, 15) is 9.59 Å². The Morgan fingerprint density at radius 3 is 1.65 bits per heavy atom. The van der Waals surface area contributed by atoms with E-state index in [1.807, 2.05) is 89.3 Å². The van der Waals surface area contributed by atoms with Gasteiger partial charge < -0.3 is 56.3 Å². The molecule has 2 saturated heterocycles. The normalized spacial score (nSPS) is 17.4. The average molecular weight is 848 g/mol. The number of nitrogens with one attached hydrogen (secondary N) is 2. The zero-order valence-electron chi connectivity index (χ0n) is 39.5. The maximum absolute atomic E-state index is 11.7. The molecule has 2 fully saturated rings. The summed E-state index contributed by atoms with van der Waals surface area (Å²) in [6.07, 6.45) is 4.35. The molecule has 2 aromatic rings. The van der Waals surface area contributed by atoms with Gasteiger partial charge >= 0.3 is 11.9 Å². The number of hydrogen-bond donors (Lipinski definition) is 5. The number of benzene rings is 2. The fraction of sp³-hybridized carbons (Fsp3) is 0.702. The first kappa shape index (κ1) is 57.0. The molecule has 4 rings (SSSR count). The second-order valence-corrected chi connectivity index (χ2v) is 17.9. The Kier molecular flexibility index (Phi) is 29.4. The first-order valence-corrected chi connectivity index (χ1v) is 21.6. The van der Waals surface area contributed by atoms with Crippen molar-refractivity contribution in [2.75, 3.05) is 46.5 Å². The van der Waals surface area contributed by atoms with Crippen LogP contribution in [0.2, 0.25) is 0 Å². The molecule has 2 unspecified atom stereocenters. The summed E-state index contributed by atoms with van der Waals surface area (Å²) < 4.78 is 31.4. The van der Waals surface area contributed by atoms with Crippen molar-refractivity contribution in [1.29, 1.82) is 0 Å². The third kappa shape index (κ3) is 31.0. The summed E-state index contributed by atoms with van der Waals surface area (Å²) in [5.74, 6) is -0.555. The van der Waals surface area contributed by atoms with Crippen LogP contribution in [0.5, 0.6) is 0 Å². The zero-order valence-corrected chi connectivity index (χ0v) is 39.5. The summed E-state index contributed by atoms with van der Waals surface area (Å²) in [7, 11) is 1.88. The first-order valence-electron chi connectivity index (χ1n) is 21.6. The molecule has 0 amide bonds. The van der Waals surface area contributed by atoms with Gasteiger partial charge in [-0.05, 0) is 119 Å². The number of carbonyl (C=O) groups is 2. The maximum atomic E-state index is 11.7. The molecule has 5 atom stereocenters. The van der Waals surface area contributed by atoms with E-state index in [0.717, 1.165) is 58.7 Å². The summed E-state index contributed by atoms with van der Waals surface area (Å²) in [6, 6.07) is 19.8. The van der Waals surface area contributed by atoms with Crippen LogP contribution in [0, 0.1) is 5.92 Å². The van der Waals surface area contributed by atoms with E-state index in [2.05, 4.69) is 65.2 Å². The van der Waals surface area contributed by atoms with Gasteiger partial charge in [-0.1, -0.05) is 80.9 Å². The molecule has 0 bridgehead atoms. The highest BCUT2D eigenvalue weighted by atomic mass is 16.7. The smallest absolute Gasteiger partial charge is 0.326 e. The van der Waals surface area contributed by atoms with Gasteiger partial charge in [-0.15, -0.1) is 0 Å². The summed E-state index contributed by atoms with van der Waals surface area (Å²) in [5, 5.41) is 6.41. The number of carbonyl (C=O) groups excluding carboxylic acids is 2. The van der Waals surface area contributed by atoms with Crippen molar-refractivity contribution >= 4 is 11.9 Å². The predicted octanol–water partition coefficient (Wildman–Crippen LogP) is 6.28. The molecule has 0 spiro atoms. The Hall–Kier alpha value is -2.98. The molecule has 0 saturated carbocycles. The molecule has 2 aromatic carbocycles. The summed E-state index contributed by atoms with van der Waals surface area (Å²) in [4.78, 5) is 23.1. The highest BCUT2D eigenvalue weighted by molar-refractivity contribution is 5.76. The quantitative estimate of drug-likeness (QED) is 0.106. The van der Waals surface area contributed by atoms with Crippen molar-refractivity contribution in [3.63, 3.8) is 0 Å². The van der Waals surface area contributed by atoms with E-state index in [4.69, 9.17) is 45.6 Å². The summed E-state index contributed by atoms with van der Waals surface area (Å²) in [6.45, 7) is 28.3. The van der Waals surface area contributed by atoms with Crippen LogP contribution >= 0.6 is 0 Å². The van der Waals surface area contributed by atoms with E-state index in [-0.39, 0.29) is 29.9 Å². The fourth-order valence-corrected chi connectivity index (χ4v) is 5.28. The summed E-state index contributed by atoms with van der Waals surface area (Å²) >= 11 is 0. The second kappa shape index (κ2) is 31.0. The molecule has 13 heteroatoms. The SMILES string of the molecule is CC(OC(C)(C)C)[C@H](N)C(=O)OC(C)(C)C.CCC(C)[C@H](N)C(=O)OC(C)(C)C.CNCC1OCCO1.NC[C@H]1CCCO1.c1ccc(CCNCc2ccccc2)cc1. The van der Waals surface area contributed by atoms with Gasteiger partial charge in [-0.3, -0.25) is 9.59 Å². The number of ether oxygens (including phenoxy) is 6. The third-order valence-electron chi connectivity index (χ3n) is 8.61. The molecule has 2 aliphatic rings. The van der Waals surface area contributed by atoms with Crippen LogP contribution in [0.4, 0.5) is 0 Å². The average Bonchev–Trinajstić information content (AvgIpc) is 3.91. The zero-order chi connectivity index (χ0) is 45.8. The van der Waals surface area contributed by atoms with Crippen LogP contribution in [0.25, 0.3) is 0 Å². The van der Waals surface area contributed by atoms with Crippen molar-refractivity contribution in [2.24, 2.45) is 23.1 Å². The highest BCUT2D eigenvalue weighted by Gasteiger charge is 2.30. The molecule has 60 heavy (non-hydrogen) atoms. The minimum atomic E-state index is -0.751. The second-order valence-electron chi connectivity index (χ2n) is 17.9. The minimum absolute atomic E-state index is 0.000000000000000222. The summed E-state index contributed by atoms with van der Waals surface area (Å²) in [5.41, 5.74) is 18.2. The van der Waals surface area contributed by atoms with E-state index < -0.39 is 29.3 Å². The Morgan fingerprint density at radius 2 is 1.25 bits per heavy atom. The van der Waals surface area contributed by atoms with Crippen molar-refractivity contribution in [3.8, 4) is 0 Å². The van der Waals surface area contributed by atoms with Gasteiger partial charge in [0.2, 0.25) is 0 Å². The van der Waals surface area contributed by atoms with Crippen molar-refractivity contribution in [1.82, 2.24) is 10.6 Å². The van der Waals surface area contributed by atoms with Crippen LogP contribution in [-0.2, 0) is 51.0 Å². The third-order valence-corrected chi connectivity index (χ3v) is 8.61. The standard InChI is InChI=1S/C15H17N.C12H25NO3.C10H21NO2.C5H11NO2.C5H11NO/c1-3-7-14(8-4-1)11-12-16-13-15-9-5-2-6-10-15;1-8(15-11(2,3)4)9(13)10(14)16-12(5,6)7;1-6-7(2)8(11)9(12)13-10(3,4)5;1-6-4-5-7-2-3-8-5;6-4-5-2-1-3-7-5/h1-10,16H,11-13H2;8-9H,13H2,1-7H3;7-8H,6,11H2,1-5H3;5-6H,2-4H2,1H3;5H,1-4,6H2/t;8?,9-;7?,8-;;5-/m.00.1/s1. The maximum Gasteiger partial charge on any atom is 0.326 e. The fourth-order valence-electron chi connectivity index (χ4n) is 5.28. The lowest BCUT2D eigenvalue weighted by molar-refractivity contribution is -0.163. The lowest BCUT2D eigenvalue weighted by atomic mass is 10.00. The Bertz CT molecular complexity index is 1310. The topological polar surface area (TPSA) is 192 Å². The Labute approximate surface area is 363 Å². The van der Waals surface area contributed by atoms with E-state index >= 15 is 0 Å². The number of esters is 2. The number of nitrogens with two attached hydrogens (primary N) is 3. The van der Waals surface area contributed by atoms with E-state index in [1.54, 1.807) is 6.92 Å². The van der Waals surface area contributed by atoms with Crippen LogP contribution < -0.4 is 27.8 Å². The van der Waals surface area contributed by atoms with Crippen molar-refractivity contribution in [2.45, 2.75) is 163 Å². The van der Waals surface area contributed by atoms with Crippen molar-refractivity contribution < 1.29 is 38.0 Å². The van der Waals surface area contributed by atoms with E-state index in [1.165, 1.54) is 17.5 Å². The van der Waals surface area contributed by atoms with E-state index in [0.29, 0.717) is 12.6 Å². The van der Waals surface area contributed by atoms with Gasteiger partial charge in [0.05, 0.1) is 31.0 Å². The monoisotopic (exact) mass is 848 g/mol.